The molecule has 1 saturated heterocycles. The third kappa shape index (κ3) is 3.80. The summed E-state index contributed by atoms with van der Waals surface area (Å²) in [5, 5.41) is 6.42. The van der Waals surface area contributed by atoms with Crippen molar-refractivity contribution < 1.29 is 4.79 Å². The van der Waals surface area contributed by atoms with E-state index in [1.807, 2.05) is 0 Å². The number of benzene rings is 1. The molecule has 1 heterocycles. The molecule has 104 valence electrons. The normalized spacial score (nSPS) is 23.1. The van der Waals surface area contributed by atoms with E-state index in [-0.39, 0.29) is 17.9 Å². The summed E-state index contributed by atoms with van der Waals surface area (Å²) in [6.07, 6.45) is 3.14. The van der Waals surface area contributed by atoms with Crippen LogP contribution in [0.25, 0.3) is 0 Å². The van der Waals surface area contributed by atoms with Crippen molar-refractivity contribution in [3.8, 4) is 0 Å². The molecular weight excluding hydrogens is 236 g/mol. The van der Waals surface area contributed by atoms with Crippen molar-refractivity contribution in [3.63, 3.8) is 0 Å². The first-order chi connectivity index (χ1) is 9.20. The molecule has 0 aliphatic carbocycles. The van der Waals surface area contributed by atoms with Crippen LogP contribution in [0.15, 0.2) is 24.3 Å². The van der Waals surface area contributed by atoms with Crippen LogP contribution in [0.2, 0.25) is 0 Å². The zero-order valence-electron chi connectivity index (χ0n) is 11.9. The first-order valence-corrected chi connectivity index (χ1v) is 7.29. The summed E-state index contributed by atoms with van der Waals surface area (Å²) in [4.78, 5) is 12.2. The lowest BCUT2D eigenvalue weighted by Crippen LogP contribution is -2.46. The Hall–Kier alpha value is -1.35. The summed E-state index contributed by atoms with van der Waals surface area (Å²) in [5.41, 5.74) is 2.50. The summed E-state index contributed by atoms with van der Waals surface area (Å²) >= 11 is 0. The van der Waals surface area contributed by atoms with Gasteiger partial charge in [-0.3, -0.25) is 4.79 Å². The summed E-state index contributed by atoms with van der Waals surface area (Å²) in [7, 11) is 0. The second-order valence-electron chi connectivity index (χ2n) is 5.38. The van der Waals surface area contributed by atoms with Gasteiger partial charge in [-0.25, -0.2) is 0 Å². The lowest BCUT2D eigenvalue weighted by atomic mass is 9.91. The predicted molar refractivity (Wildman–Crippen MR) is 77.9 cm³/mol. The molecule has 0 radical (unpaired) electrons. The van der Waals surface area contributed by atoms with Crippen LogP contribution in [0.4, 0.5) is 0 Å². The maximum Gasteiger partial charge on any atom is 0.224 e. The first kappa shape index (κ1) is 14.1. The highest BCUT2D eigenvalue weighted by atomic mass is 16.1. The Bertz CT molecular complexity index is 413. The van der Waals surface area contributed by atoms with Crippen molar-refractivity contribution in [2.24, 2.45) is 5.92 Å². The van der Waals surface area contributed by atoms with Crippen molar-refractivity contribution in [1.29, 1.82) is 0 Å². The van der Waals surface area contributed by atoms with E-state index in [2.05, 4.69) is 48.7 Å². The lowest BCUT2D eigenvalue weighted by molar-refractivity contribution is -0.126. The van der Waals surface area contributed by atoms with E-state index < -0.39 is 0 Å². The molecule has 0 saturated carbocycles. The minimum atomic E-state index is 0.115. The van der Waals surface area contributed by atoms with Gasteiger partial charge in [0.25, 0.3) is 0 Å². The summed E-state index contributed by atoms with van der Waals surface area (Å²) in [6, 6.07) is 8.75. The molecule has 3 heteroatoms. The predicted octanol–water partition coefficient (Wildman–Crippen LogP) is 2.25. The summed E-state index contributed by atoms with van der Waals surface area (Å²) < 4.78 is 0. The van der Waals surface area contributed by atoms with Crippen LogP contribution in [-0.4, -0.2) is 18.5 Å². The lowest BCUT2D eigenvalue weighted by Gasteiger charge is -2.28. The number of hydrogen-bond donors (Lipinski definition) is 2. The highest BCUT2D eigenvalue weighted by Crippen LogP contribution is 2.16. The standard InChI is InChI=1S/C16H24N2O/c1-3-13-6-8-14(9-7-13)11-18-16(19)15-5-4-10-17-12(15)2/h6-9,12,15,17H,3-5,10-11H2,1-2H3,(H,18,19). The number of piperidine rings is 1. The Balaban J connectivity index is 1.85. The van der Waals surface area contributed by atoms with Gasteiger partial charge in [0.2, 0.25) is 5.91 Å². The van der Waals surface area contributed by atoms with Gasteiger partial charge in [0.15, 0.2) is 0 Å². The Labute approximate surface area is 115 Å². The van der Waals surface area contributed by atoms with Gasteiger partial charge in [-0.2, -0.15) is 0 Å². The Morgan fingerprint density at radius 3 is 2.63 bits per heavy atom. The molecule has 19 heavy (non-hydrogen) atoms. The molecule has 2 atom stereocenters. The molecule has 1 aliphatic rings. The van der Waals surface area contributed by atoms with Gasteiger partial charge in [-0.1, -0.05) is 31.2 Å². The van der Waals surface area contributed by atoms with Crippen LogP contribution in [0, 0.1) is 5.92 Å². The molecule has 0 spiro atoms. The van der Waals surface area contributed by atoms with E-state index >= 15 is 0 Å². The van der Waals surface area contributed by atoms with E-state index in [1.165, 1.54) is 11.1 Å². The Kier molecular flexibility index (Phi) is 4.97. The number of amides is 1. The van der Waals surface area contributed by atoms with E-state index in [9.17, 15) is 4.79 Å². The molecule has 1 aromatic rings. The molecule has 3 nitrogen and oxygen atoms in total. The van der Waals surface area contributed by atoms with Gasteiger partial charge < -0.3 is 10.6 Å². The second-order valence-corrected chi connectivity index (χ2v) is 5.38. The zero-order valence-corrected chi connectivity index (χ0v) is 11.9. The molecule has 2 N–H and O–H groups in total. The van der Waals surface area contributed by atoms with Gasteiger partial charge in [0.1, 0.15) is 0 Å². The second kappa shape index (κ2) is 6.71. The van der Waals surface area contributed by atoms with Crippen molar-refractivity contribution >= 4 is 5.91 Å². The van der Waals surface area contributed by atoms with Crippen LogP contribution in [0.5, 0.6) is 0 Å². The average Bonchev–Trinajstić information content (AvgIpc) is 2.46. The van der Waals surface area contributed by atoms with Crippen LogP contribution in [-0.2, 0) is 17.8 Å². The van der Waals surface area contributed by atoms with Crippen molar-refractivity contribution in [1.82, 2.24) is 10.6 Å². The molecule has 2 unspecified atom stereocenters. The van der Waals surface area contributed by atoms with E-state index in [1.54, 1.807) is 0 Å². The van der Waals surface area contributed by atoms with Crippen molar-refractivity contribution in [3.05, 3.63) is 35.4 Å². The summed E-state index contributed by atoms with van der Waals surface area (Å²) in [5.74, 6) is 0.294. The quantitative estimate of drug-likeness (QED) is 0.872. The molecule has 0 bridgehead atoms. The van der Waals surface area contributed by atoms with E-state index in [4.69, 9.17) is 0 Å². The number of carbonyl (C=O) groups excluding carboxylic acids is 1. The number of carbonyl (C=O) groups is 1. The maximum absolute atomic E-state index is 12.2. The number of rotatable bonds is 4. The summed E-state index contributed by atoms with van der Waals surface area (Å²) in [6.45, 7) is 5.91. The third-order valence-corrected chi connectivity index (χ3v) is 4.00. The SMILES string of the molecule is CCc1ccc(CNC(=O)C2CCCNC2C)cc1. The minimum Gasteiger partial charge on any atom is -0.352 e. The monoisotopic (exact) mass is 260 g/mol. The van der Waals surface area contributed by atoms with Gasteiger partial charge >= 0.3 is 0 Å². The molecule has 1 fully saturated rings. The molecule has 1 aliphatic heterocycles. The van der Waals surface area contributed by atoms with Crippen LogP contribution in [0.1, 0.15) is 37.8 Å². The van der Waals surface area contributed by atoms with Gasteiger partial charge in [-0.15, -0.1) is 0 Å². The molecular formula is C16H24N2O. The number of aryl methyl sites for hydroxylation is 1. The fourth-order valence-corrected chi connectivity index (χ4v) is 2.62. The largest absolute Gasteiger partial charge is 0.352 e. The average molecular weight is 260 g/mol. The first-order valence-electron chi connectivity index (χ1n) is 7.29. The maximum atomic E-state index is 12.2. The van der Waals surface area contributed by atoms with Gasteiger partial charge in [-0.05, 0) is 43.9 Å². The topological polar surface area (TPSA) is 41.1 Å². The smallest absolute Gasteiger partial charge is 0.224 e. The fourth-order valence-electron chi connectivity index (χ4n) is 2.62. The molecule has 2 rings (SSSR count). The van der Waals surface area contributed by atoms with Crippen molar-refractivity contribution in [2.75, 3.05) is 6.54 Å². The molecule has 1 aromatic carbocycles. The number of hydrogen-bond acceptors (Lipinski definition) is 2. The Morgan fingerprint density at radius 1 is 1.32 bits per heavy atom. The zero-order chi connectivity index (χ0) is 13.7. The molecule has 0 aromatic heterocycles. The van der Waals surface area contributed by atoms with Crippen LogP contribution in [0.3, 0.4) is 0 Å². The van der Waals surface area contributed by atoms with Crippen molar-refractivity contribution in [2.45, 2.75) is 45.7 Å². The fraction of sp³-hybridized carbons (Fsp3) is 0.562. The molecule has 1 amide bonds. The van der Waals surface area contributed by atoms with Gasteiger partial charge in [0.05, 0.1) is 5.92 Å². The third-order valence-electron chi connectivity index (χ3n) is 4.00. The number of nitrogens with one attached hydrogen (secondary N) is 2. The van der Waals surface area contributed by atoms with Crippen LogP contribution >= 0.6 is 0 Å². The highest BCUT2D eigenvalue weighted by Gasteiger charge is 2.26. The van der Waals surface area contributed by atoms with Gasteiger partial charge in [0, 0.05) is 12.6 Å². The van der Waals surface area contributed by atoms with E-state index in [0.717, 1.165) is 25.8 Å². The minimum absolute atomic E-state index is 0.115. The van der Waals surface area contributed by atoms with E-state index in [0.29, 0.717) is 6.54 Å². The highest BCUT2D eigenvalue weighted by molar-refractivity contribution is 5.79. The van der Waals surface area contributed by atoms with Crippen LogP contribution < -0.4 is 10.6 Å². The Morgan fingerprint density at radius 2 is 2.00 bits per heavy atom.